The van der Waals surface area contributed by atoms with Crippen molar-refractivity contribution < 1.29 is 8.78 Å². The molecule has 0 heterocycles. The van der Waals surface area contributed by atoms with E-state index < -0.39 is 0 Å². The van der Waals surface area contributed by atoms with Crippen LogP contribution in [0.3, 0.4) is 0 Å². The highest BCUT2D eigenvalue weighted by Gasteiger charge is 2.24. The third-order valence-electron chi connectivity index (χ3n) is 7.31. The second-order valence-corrected chi connectivity index (χ2v) is 9.52. The zero-order valence-corrected chi connectivity index (χ0v) is 19.1. The van der Waals surface area contributed by atoms with Gasteiger partial charge < -0.3 is 0 Å². The third kappa shape index (κ3) is 6.28. The van der Waals surface area contributed by atoms with Gasteiger partial charge in [0.05, 0.1) is 0 Å². The van der Waals surface area contributed by atoms with Crippen LogP contribution in [0.25, 0.3) is 5.57 Å². The molecule has 0 atom stereocenters. The van der Waals surface area contributed by atoms with Crippen molar-refractivity contribution in [1.29, 1.82) is 0 Å². The molecule has 1 fully saturated rings. The Morgan fingerprint density at radius 2 is 1.50 bits per heavy atom. The Labute approximate surface area is 182 Å². The Morgan fingerprint density at radius 3 is 2.10 bits per heavy atom. The summed E-state index contributed by atoms with van der Waals surface area (Å²) in [4.78, 5) is 0. The van der Waals surface area contributed by atoms with Gasteiger partial charge in [-0.25, -0.2) is 8.78 Å². The van der Waals surface area contributed by atoms with E-state index in [-0.39, 0.29) is 17.2 Å². The van der Waals surface area contributed by atoms with E-state index in [2.05, 4.69) is 19.1 Å². The molecule has 0 aromatic heterocycles. The normalized spacial score (nSPS) is 22.0. The maximum atomic E-state index is 14.4. The zero-order valence-electron chi connectivity index (χ0n) is 19.1. The number of hydrogen-bond acceptors (Lipinski definition) is 0. The minimum atomic E-state index is -0.383. The standard InChI is InChI=1S/C28H40F2/c1-3-5-7-8-9-21-11-13-22(14-12-21)23-15-17-24(18-16-23)25-19-27(29)26(10-6-4-2)28(30)20-25/h15,17,19-22H,3-14,16,18H2,1-2H3. The maximum Gasteiger partial charge on any atom is 0.129 e. The van der Waals surface area contributed by atoms with Crippen LogP contribution in [0.4, 0.5) is 8.78 Å². The first-order chi connectivity index (χ1) is 14.6. The molecule has 0 spiro atoms. The van der Waals surface area contributed by atoms with Gasteiger partial charge in [0.1, 0.15) is 11.6 Å². The molecule has 2 heteroatoms. The molecule has 3 rings (SSSR count). The van der Waals surface area contributed by atoms with E-state index in [0.717, 1.165) is 48.7 Å². The monoisotopic (exact) mass is 414 g/mol. The fourth-order valence-electron chi connectivity index (χ4n) is 5.30. The molecule has 0 unspecified atom stereocenters. The van der Waals surface area contributed by atoms with Crippen molar-refractivity contribution in [2.75, 3.05) is 0 Å². The van der Waals surface area contributed by atoms with Crippen LogP contribution >= 0.6 is 0 Å². The molecule has 166 valence electrons. The molecular weight excluding hydrogens is 374 g/mol. The van der Waals surface area contributed by atoms with Crippen molar-refractivity contribution in [3.63, 3.8) is 0 Å². The van der Waals surface area contributed by atoms with Crippen molar-refractivity contribution in [3.05, 3.63) is 52.6 Å². The fraction of sp³-hybridized carbons (Fsp3) is 0.643. The zero-order chi connectivity index (χ0) is 21.3. The number of unbranched alkanes of at least 4 members (excludes halogenated alkanes) is 4. The smallest absolute Gasteiger partial charge is 0.129 e. The first-order valence-electron chi connectivity index (χ1n) is 12.5. The van der Waals surface area contributed by atoms with Gasteiger partial charge in [-0.3, -0.25) is 0 Å². The van der Waals surface area contributed by atoms with Gasteiger partial charge in [-0.15, -0.1) is 0 Å². The Kier molecular flexibility index (Phi) is 9.15. The Balaban J connectivity index is 1.56. The molecule has 30 heavy (non-hydrogen) atoms. The van der Waals surface area contributed by atoms with E-state index in [1.165, 1.54) is 57.8 Å². The number of halogens is 2. The molecule has 2 aliphatic rings. The predicted molar refractivity (Wildman–Crippen MR) is 124 cm³/mol. The molecule has 1 aromatic carbocycles. The molecule has 1 saturated carbocycles. The highest BCUT2D eigenvalue weighted by atomic mass is 19.1. The summed E-state index contributed by atoms with van der Waals surface area (Å²) in [6.07, 6.45) is 20.9. The topological polar surface area (TPSA) is 0 Å². The number of benzene rings is 1. The minimum absolute atomic E-state index is 0.250. The van der Waals surface area contributed by atoms with E-state index in [4.69, 9.17) is 0 Å². The van der Waals surface area contributed by atoms with Crippen LogP contribution in [0, 0.1) is 23.5 Å². The van der Waals surface area contributed by atoms with Crippen molar-refractivity contribution in [2.24, 2.45) is 11.8 Å². The maximum absolute atomic E-state index is 14.4. The summed E-state index contributed by atoms with van der Waals surface area (Å²) in [6.45, 7) is 4.32. The second-order valence-electron chi connectivity index (χ2n) is 9.52. The van der Waals surface area contributed by atoms with E-state index >= 15 is 0 Å². The summed E-state index contributed by atoms with van der Waals surface area (Å²) in [7, 11) is 0. The highest BCUT2D eigenvalue weighted by molar-refractivity contribution is 5.69. The minimum Gasteiger partial charge on any atom is -0.207 e. The molecule has 2 aliphatic carbocycles. The predicted octanol–water partition coefficient (Wildman–Crippen LogP) is 9.19. The van der Waals surface area contributed by atoms with Gasteiger partial charge in [-0.05, 0) is 86.5 Å². The quantitative estimate of drug-likeness (QED) is 0.335. The molecule has 0 saturated heterocycles. The molecule has 0 N–H and O–H groups in total. The highest BCUT2D eigenvalue weighted by Crippen LogP contribution is 2.40. The van der Waals surface area contributed by atoms with Crippen molar-refractivity contribution >= 4 is 5.57 Å². The van der Waals surface area contributed by atoms with E-state index in [0.29, 0.717) is 6.42 Å². The van der Waals surface area contributed by atoms with Gasteiger partial charge in [-0.1, -0.05) is 70.1 Å². The van der Waals surface area contributed by atoms with E-state index in [1.807, 2.05) is 6.92 Å². The van der Waals surface area contributed by atoms with Crippen LogP contribution in [0.2, 0.25) is 0 Å². The van der Waals surface area contributed by atoms with E-state index in [1.54, 1.807) is 17.7 Å². The number of hydrogen-bond donors (Lipinski definition) is 0. The van der Waals surface area contributed by atoms with Gasteiger partial charge in [0, 0.05) is 5.56 Å². The molecule has 0 radical (unpaired) electrons. The lowest BCUT2D eigenvalue weighted by atomic mass is 9.74. The van der Waals surface area contributed by atoms with Crippen molar-refractivity contribution in [1.82, 2.24) is 0 Å². The molecule has 0 bridgehead atoms. The molecule has 0 amide bonds. The van der Waals surface area contributed by atoms with Gasteiger partial charge in [-0.2, -0.15) is 0 Å². The summed E-state index contributed by atoms with van der Waals surface area (Å²) in [5.74, 6) is 0.892. The lowest BCUT2D eigenvalue weighted by molar-refractivity contribution is 0.278. The largest absolute Gasteiger partial charge is 0.207 e. The van der Waals surface area contributed by atoms with Crippen molar-refractivity contribution in [2.45, 2.75) is 104 Å². The first-order valence-corrected chi connectivity index (χ1v) is 12.5. The number of allylic oxidation sites excluding steroid dienone is 4. The Hall–Kier alpha value is -1.44. The van der Waals surface area contributed by atoms with Crippen LogP contribution in [-0.4, -0.2) is 0 Å². The molecule has 0 nitrogen and oxygen atoms in total. The van der Waals surface area contributed by atoms with Crippen LogP contribution < -0.4 is 0 Å². The van der Waals surface area contributed by atoms with Crippen LogP contribution in [0.5, 0.6) is 0 Å². The summed E-state index contributed by atoms with van der Waals surface area (Å²) in [5.41, 5.74) is 3.60. The van der Waals surface area contributed by atoms with Gasteiger partial charge in [0.25, 0.3) is 0 Å². The molecular formula is C28H40F2. The number of rotatable bonds is 10. The van der Waals surface area contributed by atoms with E-state index in [9.17, 15) is 8.78 Å². The fourth-order valence-corrected chi connectivity index (χ4v) is 5.30. The molecule has 1 aromatic rings. The summed E-state index contributed by atoms with van der Waals surface area (Å²) in [6, 6.07) is 3.09. The summed E-state index contributed by atoms with van der Waals surface area (Å²) < 4.78 is 28.9. The SMILES string of the molecule is CCCCCCC1CCC(C2=CC=C(c3cc(F)c(CCCC)c(F)c3)CC2)CC1. The first kappa shape index (κ1) is 23.2. The summed E-state index contributed by atoms with van der Waals surface area (Å²) in [5, 5.41) is 0. The lowest BCUT2D eigenvalue weighted by Gasteiger charge is -2.31. The van der Waals surface area contributed by atoms with Gasteiger partial charge in [0.2, 0.25) is 0 Å². The van der Waals surface area contributed by atoms with Crippen LogP contribution in [0.1, 0.15) is 108 Å². The molecule has 0 aliphatic heterocycles. The second kappa shape index (κ2) is 11.8. The van der Waals surface area contributed by atoms with Crippen LogP contribution in [-0.2, 0) is 6.42 Å². The van der Waals surface area contributed by atoms with Gasteiger partial charge in [0.15, 0.2) is 0 Å². The average Bonchev–Trinajstić information content (AvgIpc) is 2.77. The van der Waals surface area contributed by atoms with Crippen LogP contribution in [0.15, 0.2) is 29.9 Å². The van der Waals surface area contributed by atoms with Crippen molar-refractivity contribution in [3.8, 4) is 0 Å². The average molecular weight is 415 g/mol. The third-order valence-corrected chi connectivity index (χ3v) is 7.31. The van der Waals surface area contributed by atoms with Gasteiger partial charge >= 0.3 is 0 Å². The lowest BCUT2D eigenvalue weighted by Crippen LogP contribution is -2.17. The summed E-state index contributed by atoms with van der Waals surface area (Å²) >= 11 is 0. The Morgan fingerprint density at radius 1 is 0.800 bits per heavy atom. The Bertz CT molecular complexity index is 712.